The van der Waals surface area contributed by atoms with Gasteiger partial charge in [-0.1, -0.05) is 6.07 Å². The van der Waals surface area contributed by atoms with E-state index < -0.39 is 0 Å². The molecule has 1 aromatic heterocycles. The number of halogens is 1. The first-order valence-electron chi connectivity index (χ1n) is 5.12. The van der Waals surface area contributed by atoms with Gasteiger partial charge in [-0.2, -0.15) is 0 Å². The van der Waals surface area contributed by atoms with Gasteiger partial charge in [-0.15, -0.1) is 23.1 Å². The van der Waals surface area contributed by atoms with E-state index in [4.69, 9.17) is 0 Å². The van der Waals surface area contributed by atoms with Crippen LogP contribution in [0.3, 0.4) is 0 Å². The first-order chi connectivity index (χ1) is 8.16. The lowest BCUT2D eigenvalue weighted by Gasteiger charge is -2.01. The zero-order valence-corrected chi connectivity index (χ0v) is 10.9. The molecule has 0 aliphatic heterocycles. The zero-order valence-electron chi connectivity index (χ0n) is 9.27. The highest BCUT2D eigenvalue weighted by Crippen LogP contribution is 2.22. The predicted molar refractivity (Wildman–Crippen MR) is 70.5 cm³/mol. The molecule has 4 heteroatoms. The molecular weight excluding hydrogens is 255 g/mol. The molecule has 1 nitrogen and oxygen atoms in total. The Hall–Kier alpha value is -1.13. The van der Waals surface area contributed by atoms with Gasteiger partial charge in [-0.3, -0.25) is 4.79 Å². The maximum absolute atomic E-state index is 12.9. The first kappa shape index (κ1) is 12.3. The minimum atomic E-state index is -0.269. The summed E-state index contributed by atoms with van der Waals surface area (Å²) in [5.74, 6) is 0.174. The maximum Gasteiger partial charge on any atom is 0.174 e. The van der Waals surface area contributed by atoms with Crippen LogP contribution < -0.4 is 0 Å². The van der Waals surface area contributed by atoms with E-state index in [1.165, 1.54) is 23.9 Å². The van der Waals surface area contributed by atoms with Crippen molar-refractivity contribution in [2.45, 2.75) is 11.8 Å². The summed E-state index contributed by atoms with van der Waals surface area (Å²) in [4.78, 5) is 13.7. The normalized spacial score (nSPS) is 10.5. The van der Waals surface area contributed by atoms with E-state index in [2.05, 4.69) is 0 Å². The molecule has 0 bridgehead atoms. The van der Waals surface area contributed by atoms with Gasteiger partial charge in [0.05, 0.1) is 5.75 Å². The molecule has 0 spiro atoms. The number of aryl methyl sites for hydroxylation is 1. The number of benzene rings is 1. The van der Waals surface area contributed by atoms with Gasteiger partial charge >= 0.3 is 0 Å². The molecular formula is C13H11FOS2. The minimum Gasteiger partial charge on any atom is -0.293 e. The number of thioether (sulfide) groups is 1. The Balaban J connectivity index is 1.99. The van der Waals surface area contributed by atoms with Crippen molar-refractivity contribution in [1.29, 1.82) is 0 Å². The van der Waals surface area contributed by atoms with Gasteiger partial charge in [-0.05, 0) is 36.6 Å². The number of rotatable bonds is 4. The Morgan fingerprint density at radius 1 is 1.41 bits per heavy atom. The van der Waals surface area contributed by atoms with Gasteiger partial charge in [0.25, 0.3) is 0 Å². The summed E-state index contributed by atoms with van der Waals surface area (Å²) < 4.78 is 12.9. The van der Waals surface area contributed by atoms with Crippen LogP contribution in [0.4, 0.5) is 4.39 Å². The van der Waals surface area contributed by atoms with Crippen molar-refractivity contribution in [3.8, 4) is 0 Å². The van der Waals surface area contributed by atoms with Crippen molar-refractivity contribution in [3.05, 3.63) is 52.0 Å². The van der Waals surface area contributed by atoms with Crippen molar-refractivity contribution >= 4 is 28.9 Å². The third-order valence-corrected chi connectivity index (χ3v) is 4.16. The summed E-state index contributed by atoms with van der Waals surface area (Å²) in [5, 5.41) is 1.91. The molecule has 2 rings (SSSR count). The van der Waals surface area contributed by atoms with Gasteiger partial charge < -0.3 is 0 Å². The highest BCUT2D eigenvalue weighted by Gasteiger charge is 2.10. The Morgan fingerprint density at radius 3 is 2.88 bits per heavy atom. The fourth-order valence-electron chi connectivity index (χ4n) is 1.46. The lowest BCUT2D eigenvalue weighted by molar-refractivity contribution is 0.102. The predicted octanol–water partition coefficient (Wildman–Crippen LogP) is 4.17. The van der Waals surface area contributed by atoms with E-state index in [-0.39, 0.29) is 11.6 Å². The second kappa shape index (κ2) is 5.47. The number of carbonyl (C=O) groups is 1. The van der Waals surface area contributed by atoms with E-state index in [0.717, 1.165) is 15.3 Å². The zero-order chi connectivity index (χ0) is 12.3. The third kappa shape index (κ3) is 3.17. The van der Waals surface area contributed by atoms with Gasteiger partial charge in [0.15, 0.2) is 5.78 Å². The summed E-state index contributed by atoms with van der Waals surface area (Å²) in [6.45, 7) is 1.94. The monoisotopic (exact) mass is 266 g/mol. The lowest BCUT2D eigenvalue weighted by atomic mass is 10.2. The van der Waals surface area contributed by atoms with Crippen LogP contribution in [-0.2, 0) is 0 Å². The molecule has 0 aliphatic carbocycles. The molecule has 88 valence electrons. The van der Waals surface area contributed by atoms with E-state index >= 15 is 0 Å². The van der Waals surface area contributed by atoms with Crippen molar-refractivity contribution in [3.63, 3.8) is 0 Å². The fourth-order valence-corrected chi connectivity index (χ4v) is 3.00. The molecule has 0 saturated heterocycles. The molecule has 0 N–H and O–H groups in total. The summed E-state index contributed by atoms with van der Waals surface area (Å²) in [6, 6.07) is 8.14. The van der Waals surface area contributed by atoms with Crippen LogP contribution in [-0.4, -0.2) is 11.5 Å². The second-order valence-electron chi connectivity index (χ2n) is 3.56. The number of thiophene rings is 1. The topological polar surface area (TPSA) is 17.1 Å². The van der Waals surface area contributed by atoms with Crippen molar-refractivity contribution < 1.29 is 9.18 Å². The number of hydrogen-bond acceptors (Lipinski definition) is 3. The summed E-state index contributed by atoms with van der Waals surface area (Å²) in [6.07, 6.45) is 0. The van der Waals surface area contributed by atoms with Crippen LogP contribution >= 0.6 is 23.1 Å². The van der Waals surface area contributed by atoms with Crippen molar-refractivity contribution in [1.82, 2.24) is 0 Å². The Morgan fingerprint density at radius 2 is 2.24 bits per heavy atom. The summed E-state index contributed by atoms with van der Waals surface area (Å²) >= 11 is 2.93. The van der Waals surface area contributed by atoms with Crippen LogP contribution in [0, 0.1) is 12.7 Å². The van der Waals surface area contributed by atoms with Gasteiger partial charge in [-0.25, -0.2) is 4.39 Å². The quantitative estimate of drug-likeness (QED) is 0.610. The highest BCUT2D eigenvalue weighted by atomic mass is 32.2. The maximum atomic E-state index is 12.9. The van der Waals surface area contributed by atoms with Crippen molar-refractivity contribution in [2.75, 3.05) is 5.75 Å². The van der Waals surface area contributed by atoms with Crippen LogP contribution in [0.2, 0.25) is 0 Å². The second-order valence-corrected chi connectivity index (χ2v) is 5.73. The molecule has 0 amide bonds. The molecule has 0 atom stereocenters. The molecule has 0 saturated carbocycles. The van der Waals surface area contributed by atoms with Crippen LogP contribution in [0.1, 0.15) is 15.2 Å². The highest BCUT2D eigenvalue weighted by molar-refractivity contribution is 8.00. The van der Waals surface area contributed by atoms with Crippen molar-refractivity contribution in [2.24, 2.45) is 0 Å². The Kier molecular flexibility index (Phi) is 3.97. The van der Waals surface area contributed by atoms with E-state index in [1.54, 1.807) is 17.4 Å². The Labute approximate surface area is 108 Å². The molecule has 0 unspecified atom stereocenters. The number of Topliss-reactive ketones (excluding diaryl/α,β-unsaturated/α-hetero) is 1. The molecule has 17 heavy (non-hydrogen) atoms. The SMILES string of the molecule is Cc1sccc1C(=O)CSc1cccc(F)c1. The molecule has 0 radical (unpaired) electrons. The van der Waals surface area contributed by atoms with Gasteiger partial charge in [0.1, 0.15) is 5.82 Å². The van der Waals surface area contributed by atoms with Gasteiger partial charge in [0, 0.05) is 15.3 Å². The average molecular weight is 266 g/mol. The number of hydrogen-bond donors (Lipinski definition) is 0. The van der Waals surface area contributed by atoms with Crippen LogP contribution in [0.25, 0.3) is 0 Å². The van der Waals surface area contributed by atoms with Crippen LogP contribution in [0.5, 0.6) is 0 Å². The lowest BCUT2D eigenvalue weighted by Crippen LogP contribution is -2.02. The molecule has 1 aromatic carbocycles. The standard InChI is InChI=1S/C13H11FOS2/c1-9-12(5-6-16-9)13(15)8-17-11-4-2-3-10(14)7-11/h2-7H,8H2,1H3. The first-order valence-corrected chi connectivity index (χ1v) is 6.99. The average Bonchev–Trinajstić information content (AvgIpc) is 2.72. The van der Waals surface area contributed by atoms with Crippen LogP contribution in [0.15, 0.2) is 40.6 Å². The van der Waals surface area contributed by atoms with E-state index in [1.807, 2.05) is 24.4 Å². The molecule has 1 heterocycles. The van der Waals surface area contributed by atoms with E-state index in [0.29, 0.717) is 5.75 Å². The van der Waals surface area contributed by atoms with E-state index in [9.17, 15) is 9.18 Å². The van der Waals surface area contributed by atoms with Gasteiger partial charge in [0.2, 0.25) is 0 Å². The molecule has 0 fully saturated rings. The smallest absolute Gasteiger partial charge is 0.174 e. The molecule has 2 aromatic rings. The number of carbonyl (C=O) groups excluding carboxylic acids is 1. The largest absolute Gasteiger partial charge is 0.293 e. The number of ketones is 1. The Bertz CT molecular complexity index is 534. The fraction of sp³-hybridized carbons (Fsp3) is 0.154. The minimum absolute atomic E-state index is 0.0954. The summed E-state index contributed by atoms with van der Waals surface area (Å²) in [7, 11) is 0. The third-order valence-electron chi connectivity index (χ3n) is 2.33. The summed E-state index contributed by atoms with van der Waals surface area (Å²) in [5.41, 5.74) is 0.777. The molecule has 0 aliphatic rings.